The summed E-state index contributed by atoms with van der Waals surface area (Å²) in [5, 5.41) is 25.9. The number of hydrogen-bond acceptors (Lipinski definition) is 4. The maximum absolute atomic E-state index is 14.1. The number of anilines is 1. The third kappa shape index (κ3) is 4.51. The predicted octanol–water partition coefficient (Wildman–Crippen LogP) is 4.73. The van der Waals surface area contributed by atoms with Gasteiger partial charge in [0.1, 0.15) is 0 Å². The van der Waals surface area contributed by atoms with Crippen LogP contribution in [0.25, 0.3) is 11.3 Å². The summed E-state index contributed by atoms with van der Waals surface area (Å²) in [6, 6.07) is 11.5. The summed E-state index contributed by atoms with van der Waals surface area (Å²) in [4.78, 5) is 17.5. The highest BCUT2D eigenvalue weighted by molar-refractivity contribution is 5.94. The number of aliphatic hydroxyl groups excluding tert-OH is 2. The largest absolute Gasteiger partial charge is 0.391 e. The number of rotatable bonds is 4. The monoisotopic (exact) mass is 467 g/mol. The van der Waals surface area contributed by atoms with E-state index in [4.69, 9.17) is 0 Å². The third-order valence-corrected chi connectivity index (χ3v) is 6.31. The van der Waals surface area contributed by atoms with Gasteiger partial charge in [-0.2, -0.15) is 0 Å². The van der Waals surface area contributed by atoms with Gasteiger partial charge in [0, 0.05) is 5.56 Å². The number of amides is 2. The number of fused-ring (bicyclic) bond motifs is 1. The Morgan fingerprint density at radius 2 is 1.82 bits per heavy atom. The molecule has 0 radical (unpaired) electrons. The summed E-state index contributed by atoms with van der Waals surface area (Å²) in [6.45, 7) is 5.20. The molecular weight excluding hydrogens is 440 g/mol. The summed E-state index contributed by atoms with van der Waals surface area (Å²) in [7, 11) is 0. The smallest absolute Gasteiger partial charge is 0.319 e. The van der Waals surface area contributed by atoms with Crippen LogP contribution in [0.5, 0.6) is 0 Å². The molecule has 2 aromatic carbocycles. The normalized spacial score (nSPS) is 18.8. The molecule has 4 rings (SSSR count). The van der Waals surface area contributed by atoms with Gasteiger partial charge in [-0.25, -0.2) is 18.6 Å². The van der Waals surface area contributed by atoms with Crippen LogP contribution in [0, 0.1) is 18.6 Å². The number of hydrogen-bond donors (Lipinski definition) is 4. The quantitative estimate of drug-likeness (QED) is 0.446. The van der Waals surface area contributed by atoms with E-state index < -0.39 is 35.2 Å². The minimum Gasteiger partial charge on any atom is -0.391 e. The Kier molecular flexibility index (Phi) is 6.38. The molecule has 0 aliphatic heterocycles. The van der Waals surface area contributed by atoms with Crippen molar-refractivity contribution in [3.8, 4) is 11.3 Å². The van der Waals surface area contributed by atoms with Crippen molar-refractivity contribution in [2.45, 2.75) is 51.4 Å². The van der Waals surface area contributed by atoms with Gasteiger partial charge < -0.3 is 20.8 Å². The van der Waals surface area contributed by atoms with Gasteiger partial charge in [0.15, 0.2) is 11.6 Å². The van der Waals surface area contributed by atoms with E-state index in [0.717, 1.165) is 17.7 Å². The Balaban J connectivity index is 1.66. The van der Waals surface area contributed by atoms with Crippen LogP contribution in [0.4, 0.5) is 19.3 Å². The lowest BCUT2D eigenvalue weighted by Gasteiger charge is -2.40. The fourth-order valence-electron chi connectivity index (χ4n) is 4.56. The number of carbonyl (C=O) groups is 1. The lowest BCUT2D eigenvalue weighted by molar-refractivity contribution is 0.0878. The molecule has 2 atom stereocenters. The number of nitrogens with zero attached hydrogens (tertiary/aromatic N) is 1. The summed E-state index contributed by atoms with van der Waals surface area (Å²) in [6.07, 6.45) is -0.736. The topological polar surface area (TPSA) is 94.5 Å². The number of aliphatic hydroxyl groups is 2. The lowest BCUT2D eigenvalue weighted by Crippen LogP contribution is -2.45. The molecule has 34 heavy (non-hydrogen) atoms. The third-order valence-electron chi connectivity index (χ3n) is 6.31. The Morgan fingerprint density at radius 3 is 2.50 bits per heavy atom. The van der Waals surface area contributed by atoms with Crippen LogP contribution in [0.15, 0.2) is 48.5 Å². The van der Waals surface area contributed by atoms with E-state index in [1.807, 2.05) is 44.2 Å². The Labute approximate surface area is 196 Å². The first kappa shape index (κ1) is 23.8. The second-order valence-corrected chi connectivity index (χ2v) is 9.26. The second kappa shape index (κ2) is 9.12. The maximum atomic E-state index is 14.1. The highest BCUT2D eigenvalue weighted by atomic mass is 19.2. The minimum absolute atomic E-state index is 0.249. The second-order valence-electron chi connectivity index (χ2n) is 9.26. The number of carbonyl (C=O) groups excluding carboxylic acids is 1. The molecule has 0 bridgehead atoms. The van der Waals surface area contributed by atoms with Gasteiger partial charge in [0.05, 0.1) is 35.8 Å². The van der Waals surface area contributed by atoms with E-state index in [9.17, 15) is 23.8 Å². The number of aromatic nitrogens is 1. The van der Waals surface area contributed by atoms with Gasteiger partial charge in [0.2, 0.25) is 0 Å². The molecular formula is C26H27F2N3O3. The molecule has 0 fully saturated rings. The van der Waals surface area contributed by atoms with E-state index in [0.29, 0.717) is 33.8 Å². The van der Waals surface area contributed by atoms with Gasteiger partial charge in [-0.3, -0.25) is 0 Å². The van der Waals surface area contributed by atoms with Gasteiger partial charge in [-0.05, 0) is 53.6 Å². The summed E-state index contributed by atoms with van der Waals surface area (Å²) in [5.74, 6) is -2.01. The number of urea groups is 1. The first-order valence-electron chi connectivity index (χ1n) is 11.0. The molecule has 0 saturated heterocycles. The molecule has 1 heterocycles. The highest BCUT2D eigenvalue weighted by Gasteiger charge is 2.40. The number of pyridine rings is 1. The molecule has 4 N–H and O–H groups in total. The Morgan fingerprint density at radius 1 is 1.15 bits per heavy atom. The molecule has 178 valence electrons. The zero-order valence-electron chi connectivity index (χ0n) is 19.2. The number of aryl methyl sites for hydroxylation is 1. The standard InChI is InChI=1S/C26H27F2N3O3/c1-14-9-20(23(29-21(14)13-32)15-7-5-4-6-8-15)30-25(34)31-24-16-10-18(27)19(28)11-17(16)26(2,3)12-22(24)33/h4-11,22,24,32-33H,12-13H2,1-3H3,(H2,30,31,34)/t22-,24-/m1/s1. The van der Waals surface area contributed by atoms with Crippen molar-refractivity contribution < 1.29 is 23.8 Å². The molecule has 1 aliphatic rings. The molecule has 1 aliphatic carbocycles. The van der Waals surface area contributed by atoms with Crippen LogP contribution in [-0.2, 0) is 12.0 Å². The summed E-state index contributed by atoms with van der Waals surface area (Å²) in [5.41, 5.74) is 3.09. The molecule has 3 aromatic rings. The van der Waals surface area contributed by atoms with Gasteiger partial charge >= 0.3 is 6.03 Å². The van der Waals surface area contributed by atoms with Crippen molar-refractivity contribution in [3.05, 3.63) is 82.5 Å². The van der Waals surface area contributed by atoms with Crippen molar-refractivity contribution in [1.29, 1.82) is 0 Å². The molecule has 0 saturated carbocycles. The van der Waals surface area contributed by atoms with Crippen molar-refractivity contribution >= 4 is 11.7 Å². The van der Waals surface area contributed by atoms with Crippen LogP contribution < -0.4 is 10.6 Å². The van der Waals surface area contributed by atoms with E-state index in [2.05, 4.69) is 15.6 Å². The van der Waals surface area contributed by atoms with E-state index in [-0.39, 0.29) is 13.0 Å². The van der Waals surface area contributed by atoms with E-state index in [1.54, 1.807) is 13.0 Å². The molecule has 0 unspecified atom stereocenters. The first-order valence-corrected chi connectivity index (χ1v) is 11.0. The minimum atomic E-state index is -1.04. The van der Waals surface area contributed by atoms with E-state index in [1.165, 1.54) is 0 Å². The zero-order chi connectivity index (χ0) is 24.6. The van der Waals surface area contributed by atoms with Gasteiger partial charge in [0.25, 0.3) is 0 Å². The zero-order valence-corrected chi connectivity index (χ0v) is 19.2. The summed E-state index contributed by atoms with van der Waals surface area (Å²) < 4.78 is 28.1. The molecule has 0 spiro atoms. The SMILES string of the molecule is Cc1cc(NC(=O)N[C@@H]2c3cc(F)c(F)cc3C(C)(C)C[C@H]2O)c(-c2ccccc2)nc1CO. The number of nitrogens with one attached hydrogen (secondary N) is 2. The highest BCUT2D eigenvalue weighted by Crippen LogP contribution is 2.42. The Hall–Kier alpha value is -3.36. The molecule has 8 heteroatoms. The fourth-order valence-corrected chi connectivity index (χ4v) is 4.56. The first-order chi connectivity index (χ1) is 16.1. The molecule has 2 amide bonds. The van der Waals surface area contributed by atoms with Crippen molar-refractivity contribution in [1.82, 2.24) is 10.3 Å². The van der Waals surface area contributed by atoms with Crippen molar-refractivity contribution in [2.24, 2.45) is 0 Å². The fraction of sp³-hybridized carbons (Fsp3) is 0.308. The predicted molar refractivity (Wildman–Crippen MR) is 125 cm³/mol. The number of halogens is 2. The van der Waals surface area contributed by atoms with Crippen LogP contribution in [-0.4, -0.2) is 27.3 Å². The van der Waals surface area contributed by atoms with Crippen LogP contribution >= 0.6 is 0 Å². The van der Waals surface area contributed by atoms with Gasteiger partial charge in [-0.1, -0.05) is 44.2 Å². The average Bonchev–Trinajstić information content (AvgIpc) is 2.78. The van der Waals surface area contributed by atoms with Crippen LogP contribution in [0.1, 0.15) is 48.7 Å². The average molecular weight is 468 g/mol. The number of benzene rings is 2. The van der Waals surface area contributed by atoms with Crippen LogP contribution in [0.3, 0.4) is 0 Å². The maximum Gasteiger partial charge on any atom is 0.319 e. The molecule has 6 nitrogen and oxygen atoms in total. The van der Waals surface area contributed by atoms with E-state index >= 15 is 0 Å². The Bertz CT molecular complexity index is 1230. The van der Waals surface area contributed by atoms with Crippen LogP contribution in [0.2, 0.25) is 0 Å². The summed E-state index contributed by atoms with van der Waals surface area (Å²) >= 11 is 0. The lowest BCUT2D eigenvalue weighted by atomic mass is 9.69. The van der Waals surface area contributed by atoms with Crippen molar-refractivity contribution in [2.75, 3.05) is 5.32 Å². The van der Waals surface area contributed by atoms with Gasteiger partial charge in [-0.15, -0.1) is 0 Å². The molecule has 1 aromatic heterocycles. The van der Waals surface area contributed by atoms with Crippen molar-refractivity contribution in [3.63, 3.8) is 0 Å².